The van der Waals surface area contributed by atoms with Gasteiger partial charge < -0.3 is 5.11 Å². The molecule has 7 heteroatoms. The minimum atomic E-state index is -0.550. The number of fused-ring (bicyclic) bond motifs is 1. The summed E-state index contributed by atoms with van der Waals surface area (Å²) in [5.41, 5.74) is 6.39. The van der Waals surface area contributed by atoms with Crippen LogP contribution in [0.15, 0.2) is 110 Å². The first-order valence-electron chi connectivity index (χ1n) is 13.1. The van der Waals surface area contributed by atoms with Gasteiger partial charge in [0.2, 0.25) is 0 Å². The van der Waals surface area contributed by atoms with E-state index in [1.165, 1.54) is 24.3 Å². The van der Waals surface area contributed by atoms with Gasteiger partial charge in [-0.2, -0.15) is 5.10 Å². The molecule has 198 valence electrons. The molecule has 1 atom stereocenters. The molecule has 0 aliphatic rings. The molecule has 0 spiro atoms. The molecule has 0 fully saturated rings. The first-order valence-corrected chi connectivity index (χ1v) is 13.1. The lowest BCUT2D eigenvalue weighted by atomic mass is 9.89. The summed E-state index contributed by atoms with van der Waals surface area (Å²) in [5, 5.41) is 16.2. The maximum atomic E-state index is 14.0. The third kappa shape index (κ3) is 5.24. The number of aliphatic hydroxyl groups is 1. The van der Waals surface area contributed by atoms with E-state index in [0.717, 1.165) is 38.8 Å². The zero-order chi connectivity index (χ0) is 27.5. The number of halogens is 2. The zero-order valence-corrected chi connectivity index (χ0v) is 21.6. The zero-order valence-electron chi connectivity index (χ0n) is 21.6. The molecule has 0 amide bonds. The maximum Gasteiger partial charge on any atom is 0.159 e. The number of nitrogens with zero attached hydrogens (tertiary/aromatic N) is 4. The van der Waals surface area contributed by atoms with Crippen LogP contribution >= 0.6 is 0 Å². The first-order chi connectivity index (χ1) is 19.6. The molecule has 3 aromatic carbocycles. The summed E-state index contributed by atoms with van der Waals surface area (Å²) in [5.74, 6) is -0.673. The van der Waals surface area contributed by atoms with Crippen molar-refractivity contribution in [2.24, 2.45) is 0 Å². The smallest absolute Gasteiger partial charge is 0.159 e. The number of aromatic nitrogens is 4. The van der Waals surface area contributed by atoms with E-state index in [9.17, 15) is 13.9 Å². The van der Waals surface area contributed by atoms with Crippen LogP contribution in [0, 0.1) is 11.6 Å². The number of benzene rings is 3. The van der Waals surface area contributed by atoms with Crippen molar-refractivity contribution >= 4 is 11.0 Å². The molecular formula is C33H26F2N4O. The molecule has 6 rings (SSSR count). The third-order valence-electron chi connectivity index (χ3n) is 6.99. The third-order valence-corrected chi connectivity index (χ3v) is 6.99. The number of hydrogen-bond donors (Lipinski definition) is 1. The van der Waals surface area contributed by atoms with E-state index >= 15 is 0 Å². The van der Waals surface area contributed by atoms with E-state index in [-0.39, 0.29) is 11.6 Å². The van der Waals surface area contributed by atoms with Crippen LogP contribution in [0.25, 0.3) is 44.5 Å². The highest BCUT2D eigenvalue weighted by atomic mass is 19.1. The summed E-state index contributed by atoms with van der Waals surface area (Å²) >= 11 is 0. The van der Waals surface area contributed by atoms with Gasteiger partial charge in [0.05, 0.1) is 18.0 Å². The van der Waals surface area contributed by atoms with Gasteiger partial charge in [-0.15, -0.1) is 0 Å². The van der Waals surface area contributed by atoms with Gasteiger partial charge in [-0.05, 0) is 78.1 Å². The van der Waals surface area contributed by atoms with E-state index < -0.39 is 6.10 Å². The molecule has 0 saturated carbocycles. The fourth-order valence-corrected chi connectivity index (χ4v) is 5.04. The minimum Gasteiger partial charge on any atom is -0.393 e. The van der Waals surface area contributed by atoms with Crippen molar-refractivity contribution in [3.63, 3.8) is 0 Å². The van der Waals surface area contributed by atoms with Gasteiger partial charge in [-0.1, -0.05) is 42.5 Å². The second-order valence-corrected chi connectivity index (χ2v) is 9.70. The lowest BCUT2D eigenvalue weighted by Gasteiger charge is -2.17. The van der Waals surface area contributed by atoms with Crippen LogP contribution in [0.4, 0.5) is 8.78 Å². The molecular weight excluding hydrogens is 506 g/mol. The van der Waals surface area contributed by atoms with Crippen LogP contribution in [0.2, 0.25) is 0 Å². The highest BCUT2D eigenvalue weighted by Gasteiger charge is 2.22. The fraction of sp³-hybridized carbons (Fsp3) is 0.121. The van der Waals surface area contributed by atoms with Crippen LogP contribution in [0.5, 0.6) is 0 Å². The summed E-state index contributed by atoms with van der Waals surface area (Å²) in [4.78, 5) is 9.26. The van der Waals surface area contributed by atoms with Crippen LogP contribution in [0.1, 0.15) is 12.0 Å². The topological polar surface area (TPSA) is 63.8 Å². The molecule has 1 unspecified atom stereocenters. The summed E-state index contributed by atoms with van der Waals surface area (Å²) in [6.07, 6.45) is 5.66. The van der Waals surface area contributed by atoms with Crippen LogP contribution in [-0.4, -0.2) is 31.0 Å². The van der Waals surface area contributed by atoms with Crippen molar-refractivity contribution < 1.29 is 13.9 Å². The number of aliphatic hydroxyl groups excluding tert-OH is 1. The monoisotopic (exact) mass is 532 g/mol. The molecule has 0 aliphatic carbocycles. The molecule has 3 heterocycles. The molecule has 1 N–H and O–H groups in total. The van der Waals surface area contributed by atoms with Crippen molar-refractivity contribution in [3.05, 3.63) is 127 Å². The summed E-state index contributed by atoms with van der Waals surface area (Å²) in [6.45, 7) is 0.449. The molecule has 6 aromatic rings. The average Bonchev–Trinajstić information content (AvgIpc) is 3.39. The van der Waals surface area contributed by atoms with Crippen molar-refractivity contribution in [3.8, 4) is 33.5 Å². The molecule has 0 radical (unpaired) electrons. The van der Waals surface area contributed by atoms with E-state index in [4.69, 9.17) is 4.98 Å². The van der Waals surface area contributed by atoms with E-state index in [1.54, 1.807) is 47.5 Å². The Hall–Kier alpha value is -4.75. The average molecular weight is 533 g/mol. The summed E-state index contributed by atoms with van der Waals surface area (Å²) in [6, 6.07) is 26.2. The lowest BCUT2D eigenvalue weighted by Crippen LogP contribution is -2.15. The van der Waals surface area contributed by atoms with E-state index in [1.807, 2.05) is 42.5 Å². The van der Waals surface area contributed by atoms with Crippen LogP contribution in [-0.2, 0) is 13.0 Å². The number of aryl methyl sites for hydroxylation is 1. The summed E-state index contributed by atoms with van der Waals surface area (Å²) < 4.78 is 29.7. The predicted molar refractivity (Wildman–Crippen MR) is 152 cm³/mol. The second-order valence-electron chi connectivity index (χ2n) is 9.70. The largest absolute Gasteiger partial charge is 0.393 e. The quantitative estimate of drug-likeness (QED) is 0.227. The predicted octanol–water partition coefficient (Wildman–Crippen LogP) is 7.10. The first kappa shape index (κ1) is 25.5. The van der Waals surface area contributed by atoms with Gasteiger partial charge in [-0.25, -0.2) is 18.4 Å². The van der Waals surface area contributed by atoms with Crippen LogP contribution in [0.3, 0.4) is 0 Å². The van der Waals surface area contributed by atoms with Gasteiger partial charge in [0.1, 0.15) is 11.6 Å². The van der Waals surface area contributed by atoms with Crippen molar-refractivity contribution in [1.82, 2.24) is 19.7 Å². The maximum absolute atomic E-state index is 14.0. The molecule has 0 aliphatic heterocycles. The summed E-state index contributed by atoms with van der Waals surface area (Å²) in [7, 11) is 0. The molecule has 5 nitrogen and oxygen atoms in total. The number of rotatable bonds is 8. The number of pyridine rings is 2. The minimum absolute atomic E-state index is 0.332. The standard InChI is InChI=1S/C33H26F2N4O/c34-26-10-6-23(7-11-26)30-29-21-37-39(19-16-28(40)20-22-4-2-1-3-5-22)33(29)38-32(25-8-12-27(35)13-9-25)31(30)24-14-17-36-18-15-24/h1-15,17-18,21,28,40H,16,19-20H2. The molecule has 3 aromatic heterocycles. The Balaban J connectivity index is 1.51. The Kier molecular flexibility index (Phi) is 7.12. The van der Waals surface area contributed by atoms with Gasteiger partial charge >= 0.3 is 0 Å². The Morgan fingerprint density at radius 2 is 1.35 bits per heavy atom. The van der Waals surface area contributed by atoms with E-state index in [2.05, 4.69) is 10.1 Å². The second kappa shape index (κ2) is 11.2. The Morgan fingerprint density at radius 1 is 0.725 bits per heavy atom. The normalized spacial score (nSPS) is 12.1. The highest BCUT2D eigenvalue weighted by molar-refractivity contribution is 6.06. The Bertz CT molecular complexity index is 1740. The van der Waals surface area contributed by atoms with Crippen molar-refractivity contribution in [2.75, 3.05) is 0 Å². The fourth-order valence-electron chi connectivity index (χ4n) is 5.04. The highest BCUT2D eigenvalue weighted by Crippen LogP contribution is 2.43. The van der Waals surface area contributed by atoms with Gasteiger partial charge in [0, 0.05) is 41.0 Å². The number of hydrogen-bond acceptors (Lipinski definition) is 4. The Morgan fingerprint density at radius 3 is 2.02 bits per heavy atom. The molecule has 0 bridgehead atoms. The Labute approximate surface area is 230 Å². The van der Waals surface area contributed by atoms with E-state index in [0.29, 0.717) is 30.7 Å². The van der Waals surface area contributed by atoms with Gasteiger partial charge in [-0.3, -0.25) is 4.98 Å². The van der Waals surface area contributed by atoms with Crippen molar-refractivity contribution in [1.29, 1.82) is 0 Å². The van der Waals surface area contributed by atoms with Gasteiger partial charge in [0.25, 0.3) is 0 Å². The van der Waals surface area contributed by atoms with Gasteiger partial charge in [0.15, 0.2) is 5.65 Å². The lowest BCUT2D eigenvalue weighted by molar-refractivity contribution is 0.157. The van der Waals surface area contributed by atoms with Crippen LogP contribution < -0.4 is 0 Å². The molecule has 0 saturated heterocycles. The van der Waals surface area contributed by atoms with Crippen molar-refractivity contribution in [2.45, 2.75) is 25.5 Å². The molecule has 40 heavy (non-hydrogen) atoms. The SMILES string of the molecule is OC(CCn1ncc2c(-c3ccc(F)cc3)c(-c3ccncc3)c(-c3ccc(F)cc3)nc21)Cc1ccccc1.